The number of rotatable bonds is 7. The summed E-state index contributed by atoms with van der Waals surface area (Å²) in [6, 6.07) is 3.04. The third-order valence-corrected chi connectivity index (χ3v) is 3.85. The monoisotopic (exact) mass is 285 g/mol. The number of aliphatic hydroxyl groups excluding tert-OH is 1. The highest BCUT2D eigenvalue weighted by Gasteiger charge is 2.16. The molecule has 1 atom stereocenters. The molecule has 0 saturated carbocycles. The van der Waals surface area contributed by atoms with Crippen LogP contribution < -0.4 is 5.32 Å². The van der Waals surface area contributed by atoms with E-state index in [-0.39, 0.29) is 17.3 Å². The molecule has 1 amide bonds. The van der Waals surface area contributed by atoms with E-state index in [1.54, 1.807) is 12.1 Å². The molecule has 0 fully saturated rings. The zero-order chi connectivity index (χ0) is 14.3. The first-order chi connectivity index (χ1) is 8.92. The SMILES string of the molecule is CC(C)(C)SCCCC(=O)NC(CO)c1ccco1. The molecule has 1 aromatic heterocycles. The van der Waals surface area contributed by atoms with E-state index in [0.717, 1.165) is 12.2 Å². The molecule has 0 radical (unpaired) electrons. The smallest absolute Gasteiger partial charge is 0.220 e. The Hall–Kier alpha value is -0.940. The summed E-state index contributed by atoms with van der Waals surface area (Å²) in [6.07, 6.45) is 2.84. The summed E-state index contributed by atoms with van der Waals surface area (Å²) in [6.45, 7) is 6.33. The zero-order valence-corrected chi connectivity index (χ0v) is 12.6. The van der Waals surface area contributed by atoms with Crippen molar-refractivity contribution in [2.75, 3.05) is 12.4 Å². The zero-order valence-electron chi connectivity index (χ0n) is 11.8. The van der Waals surface area contributed by atoms with Gasteiger partial charge in [0.25, 0.3) is 0 Å². The molecule has 1 unspecified atom stereocenters. The van der Waals surface area contributed by atoms with Crippen molar-refractivity contribution in [3.63, 3.8) is 0 Å². The number of carbonyl (C=O) groups is 1. The molecule has 2 N–H and O–H groups in total. The Morgan fingerprint density at radius 1 is 1.53 bits per heavy atom. The highest BCUT2D eigenvalue weighted by atomic mass is 32.2. The lowest BCUT2D eigenvalue weighted by atomic mass is 10.2. The van der Waals surface area contributed by atoms with Gasteiger partial charge in [-0.05, 0) is 24.3 Å². The van der Waals surface area contributed by atoms with Crippen molar-refractivity contribution in [3.8, 4) is 0 Å². The summed E-state index contributed by atoms with van der Waals surface area (Å²) in [5.74, 6) is 1.49. The van der Waals surface area contributed by atoms with Gasteiger partial charge in [0.05, 0.1) is 12.9 Å². The standard InChI is InChI=1S/C14H23NO3S/c1-14(2,3)19-9-5-7-13(17)15-11(10-16)12-6-4-8-18-12/h4,6,8,11,16H,5,7,9-10H2,1-3H3,(H,15,17). The van der Waals surface area contributed by atoms with Crippen LogP contribution in [0.4, 0.5) is 0 Å². The van der Waals surface area contributed by atoms with Crippen molar-refractivity contribution in [1.82, 2.24) is 5.32 Å². The second kappa shape index (κ2) is 7.60. The minimum absolute atomic E-state index is 0.0510. The van der Waals surface area contributed by atoms with E-state index < -0.39 is 6.04 Å². The molecule has 1 aromatic rings. The molecule has 0 aliphatic carbocycles. The second-order valence-corrected chi connectivity index (χ2v) is 7.30. The van der Waals surface area contributed by atoms with E-state index >= 15 is 0 Å². The minimum atomic E-state index is -0.447. The molecule has 0 aliphatic heterocycles. The van der Waals surface area contributed by atoms with E-state index in [0.29, 0.717) is 12.2 Å². The fourth-order valence-electron chi connectivity index (χ4n) is 1.57. The number of furan rings is 1. The molecule has 0 saturated heterocycles. The van der Waals surface area contributed by atoms with E-state index in [1.807, 2.05) is 11.8 Å². The lowest BCUT2D eigenvalue weighted by molar-refractivity contribution is -0.122. The largest absolute Gasteiger partial charge is 0.467 e. The molecule has 4 nitrogen and oxygen atoms in total. The average molecular weight is 285 g/mol. The minimum Gasteiger partial charge on any atom is -0.467 e. The van der Waals surface area contributed by atoms with Gasteiger partial charge in [-0.25, -0.2) is 0 Å². The van der Waals surface area contributed by atoms with Gasteiger partial charge in [0.15, 0.2) is 0 Å². The second-order valence-electron chi connectivity index (χ2n) is 5.38. The number of amides is 1. The molecular weight excluding hydrogens is 262 g/mol. The molecule has 0 bridgehead atoms. The summed E-state index contributed by atoms with van der Waals surface area (Å²) in [4.78, 5) is 11.8. The first-order valence-corrected chi connectivity index (χ1v) is 7.48. The highest BCUT2D eigenvalue weighted by molar-refractivity contribution is 8.00. The van der Waals surface area contributed by atoms with Gasteiger partial charge in [-0.3, -0.25) is 4.79 Å². The van der Waals surface area contributed by atoms with Crippen LogP contribution in [0.5, 0.6) is 0 Å². The van der Waals surface area contributed by atoms with E-state index in [4.69, 9.17) is 4.42 Å². The molecule has 1 heterocycles. The summed E-state index contributed by atoms with van der Waals surface area (Å²) in [7, 11) is 0. The number of thioether (sulfide) groups is 1. The van der Waals surface area contributed by atoms with Gasteiger partial charge in [-0.1, -0.05) is 20.8 Å². The topological polar surface area (TPSA) is 62.5 Å². The predicted octanol–water partition coefficient (Wildman–Crippen LogP) is 2.74. The molecule has 0 aromatic carbocycles. The highest BCUT2D eigenvalue weighted by Crippen LogP contribution is 2.24. The summed E-state index contributed by atoms with van der Waals surface area (Å²) in [5, 5.41) is 12.0. The first kappa shape index (κ1) is 16.1. The Kier molecular flexibility index (Phi) is 6.45. The quantitative estimate of drug-likeness (QED) is 0.756. The molecule has 108 valence electrons. The number of carbonyl (C=O) groups excluding carboxylic acids is 1. The maximum atomic E-state index is 11.8. The van der Waals surface area contributed by atoms with Gasteiger partial charge in [-0.15, -0.1) is 0 Å². The lowest BCUT2D eigenvalue weighted by Gasteiger charge is -2.17. The van der Waals surface area contributed by atoms with Gasteiger partial charge in [0.2, 0.25) is 5.91 Å². The third kappa shape index (κ3) is 6.68. The maximum absolute atomic E-state index is 11.8. The summed E-state index contributed by atoms with van der Waals surface area (Å²) < 4.78 is 5.41. The number of aliphatic hydroxyl groups is 1. The van der Waals surface area contributed by atoms with Crippen LogP contribution in [-0.4, -0.2) is 28.1 Å². The normalized spacial score (nSPS) is 13.3. The Labute approximate surface area is 119 Å². The van der Waals surface area contributed by atoms with Crippen LogP contribution in [0.1, 0.15) is 45.4 Å². The van der Waals surface area contributed by atoms with Crippen molar-refractivity contribution in [2.24, 2.45) is 0 Å². The molecule has 5 heteroatoms. The molecule has 19 heavy (non-hydrogen) atoms. The average Bonchev–Trinajstić information content (AvgIpc) is 2.84. The van der Waals surface area contributed by atoms with Crippen LogP contribution in [0.3, 0.4) is 0 Å². The van der Waals surface area contributed by atoms with Gasteiger partial charge in [0.1, 0.15) is 11.8 Å². The van der Waals surface area contributed by atoms with Crippen molar-refractivity contribution in [1.29, 1.82) is 0 Å². The lowest BCUT2D eigenvalue weighted by Crippen LogP contribution is -2.30. The van der Waals surface area contributed by atoms with E-state index in [1.165, 1.54) is 6.26 Å². The molecule has 0 spiro atoms. The van der Waals surface area contributed by atoms with Crippen LogP contribution >= 0.6 is 11.8 Å². The Morgan fingerprint density at radius 3 is 2.79 bits per heavy atom. The third-order valence-electron chi connectivity index (χ3n) is 2.49. The molecular formula is C14H23NO3S. The number of hydrogen-bond acceptors (Lipinski definition) is 4. The first-order valence-electron chi connectivity index (χ1n) is 6.50. The number of hydrogen-bond donors (Lipinski definition) is 2. The maximum Gasteiger partial charge on any atom is 0.220 e. The predicted molar refractivity (Wildman–Crippen MR) is 78.1 cm³/mol. The van der Waals surface area contributed by atoms with Crippen LogP contribution in [0, 0.1) is 0 Å². The molecule has 1 rings (SSSR count). The summed E-state index contributed by atoms with van der Waals surface area (Å²) in [5.41, 5.74) is 0. The van der Waals surface area contributed by atoms with Crippen molar-refractivity contribution in [2.45, 2.75) is 44.4 Å². The van der Waals surface area contributed by atoms with E-state index in [9.17, 15) is 9.90 Å². The fourth-order valence-corrected chi connectivity index (χ4v) is 2.47. The Morgan fingerprint density at radius 2 is 2.26 bits per heavy atom. The van der Waals surface area contributed by atoms with Gasteiger partial charge >= 0.3 is 0 Å². The van der Waals surface area contributed by atoms with Crippen LogP contribution in [0.15, 0.2) is 22.8 Å². The fraction of sp³-hybridized carbons (Fsp3) is 0.643. The molecule has 0 aliphatic rings. The van der Waals surface area contributed by atoms with Crippen molar-refractivity contribution in [3.05, 3.63) is 24.2 Å². The van der Waals surface area contributed by atoms with Gasteiger partial charge in [0, 0.05) is 11.2 Å². The van der Waals surface area contributed by atoms with E-state index in [2.05, 4.69) is 26.1 Å². The van der Waals surface area contributed by atoms with Gasteiger partial charge < -0.3 is 14.8 Å². The Balaban J connectivity index is 2.27. The van der Waals surface area contributed by atoms with Crippen molar-refractivity contribution < 1.29 is 14.3 Å². The van der Waals surface area contributed by atoms with Crippen LogP contribution in [-0.2, 0) is 4.79 Å². The van der Waals surface area contributed by atoms with Gasteiger partial charge in [-0.2, -0.15) is 11.8 Å². The number of nitrogens with one attached hydrogen (secondary N) is 1. The van der Waals surface area contributed by atoms with Crippen molar-refractivity contribution >= 4 is 17.7 Å². The van der Waals surface area contributed by atoms with Crippen LogP contribution in [0.25, 0.3) is 0 Å². The van der Waals surface area contributed by atoms with Crippen LogP contribution in [0.2, 0.25) is 0 Å². The Bertz CT molecular complexity index is 371. The summed E-state index contributed by atoms with van der Waals surface area (Å²) >= 11 is 1.85.